The fraction of sp³-hybridized carbons (Fsp3) is 0.350. The van der Waals surface area contributed by atoms with Crippen LogP contribution < -0.4 is 10.6 Å². The molecule has 8 heteroatoms. The molecular formula is C20H21IN2O3S2. The number of rotatable bonds is 4. The van der Waals surface area contributed by atoms with Crippen LogP contribution in [0.25, 0.3) is 0 Å². The molecule has 1 aliphatic carbocycles. The lowest BCUT2D eigenvalue weighted by Crippen LogP contribution is -2.34. The van der Waals surface area contributed by atoms with Crippen molar-refractivity contribution in [3.8, 4) is 0 Å². The Labute approximate surface area is 187 Å². The SMILES string of the molecule is CCOC(=O)c1c(NC(=S)NC(=O)c2ccc(C)c(I)c2)sc2c1CCCC2. The van der Waals surface area contributed by atoms with E-state index in [2.05, 4.69) is 33.2 Å². The Morgan fingerprint density at radius 3 is 2.75 bits per heavy atom. The topological polar surface area (TPSA) is 67.4 Å². The summed E-state index contributed by atoms with van der Waals surface area (Å²) < 4.78 is 6.26. The van der Waals surface area contributed by atoms with Gasteiger partial charge < -0.3 is 10.1 Å². The predicted octanol–water partition coefficient (Wildman–Crippen LogP) is 4.84. The zero-order valence-electron chi connectivity index (χ0n) is 15.7. The average Bonchev–Trinajstić information content (AvgIpc) is 3.01. The smallest absolute Gasteiger partial charge is 0.341 e. The Morgan fingerprint density at radius 2 is 2.04 bits per heavy atom. The maximum atomic E-state index is 12.5. The molecule has 0 radical (unpaired) electrons. The minimum absolute atomic E-state index is 0.171. The molecule has 28 heavy (non-hydrogen) atoms. The molecule has 0 atom stereocenters. The quantitative estimate of drug-likeness (QED) is 0.338. The molecule has 0 fully saturated rings. The van der Waals surface area contributed by atoms with E-state index in [1.54, 1.807) is 13.0 Å². The molecule has 2 N–H and O–H groups in total. The van der Waals surface area contributed by atoms with E-state index < -0.39 is 0 Å². The van der Waals surface area contributed by atoms with E-state index >= 15 is 0 Å². The number of aryl methyl sites for hydroxylation is 2. The first-order valence-electron chi connectivity index (χ1n) is 9.10. The zero-order chi connectivity index (χ0) is 20.3. The summed E-state index contributed by atoms with van der Waals surface area (Å²) in [7, 11) is 0. The standard InChI is InChI=1S/C20H21IN2O3S2/c1-3-26-19(25)16-13-6-4-5-7-15(13)28-18(16)23-20(27)22-17(24)12-9-8-11(2)14(21)10-12/h8-10H,3-7H2,1-2H3,(H2,22,23,24,27). The van der Waals surface area contributed by atoms with Crippen molar-refractivity contribution in [2.75, 3.05) is 11.9 Å². The number of halogens is 1. The zero-order valence-corrected chi connectivity index (χ0v) is 19.5. The number of amides is 1. The van der Waals surface area contributed by atoms with Crippen molar-refractivity contribution in [2.45, 2.75) is 39.5 Å². The summed E-state index contributed by atoms with van der Waals surface area (Å²) in [5, 5.41) is 6.57. The van der Waals surface area contributed by atoms with Crippen LogP contribution in [0.2, 0.25) is 0 Å². The summed E-state index contributed by atoms with van der Waals surface area (Å²) in [4.78, 5) is 26.2. The van der Waals surface area contributed by atoms with Gasteiger partial charge in [0.15, 0.2) is 5.11 Å². The van der Waals surface area contributed by atoms with E-state index in [0.29, 0.717) is 22.7 Å². The van der Waals surface area contributed by atoms with Gasteiger partial charge in [-0.15, -0.1) is 11.3 Å². The van der Waals surface area contributed by atoms with Gasteiger partial charge in [0, 0.05) is 14.0 Å². The van der Waals surface area contributed by atoms with Crippen molar-refractivity contribution in [3.63, 3.8) is 0 Å². The second-order valence-electron chi connectivity index (χ2n) is 6.51. The van der Waals surface area contributed by atoms with E-state index in [9.17, 15) is 9.59 Å². The highest BCUT2D eigenvalue weighted by atomic mass is 127. The summed E-state index contributed by atoms with van der Waals surface area (Å²) in [6.07, 6.45) is 3.99. The summed E-state index contributed by atoms with van der Waals surface area (Å²) >= 11 is 9.05. The maximum Gasteiger partial charge on any atom is 0.341 e. The summed E-state index contributed by atoms with van der Waals surface area (Å²) in [5.41, 5.74) is 3.26. The molecular weight excluding hydrogens is 507 g/mol. The lowest BCUT2D eigenvalue weighted by Gasteiger charge is -2.13. The Kier molecular flexibility index (Phi) is 7.05. The van der Waals surface area contributed by atoms with Crippen molar-refractivity contribution in [1.82, 2.24) is 5.32 Å². The van der Waals surface area contributed by atoms with Gasteiger partial charge in [0.1, 0.15) is 5.00 Å². The number of thiocarbonyl (C=S) groups is 1. The molecule has 0 aliphatic heterocycles. The van der Waals surface area contributed by atoms with Crippen LogP contribution in [-0.2, 0) is 17.6 Å². The highest BCUT2D eigenvalue weighted by Crippen LogP contribution is 2.38. The fourth-order valence-corrected chi connectivity index (χ4v) is 5.17. The molecule has 3 rings (SSSR count). The molecule has 0 saturated heterocycles. The number of hydrogen-bond donors (Lipinski definition) is 2. The molecule has 148 valence electrons. The Morgan fingerprint density at radius 1 is 1.29 bits per heavy atom. The molecule has 1 aromatic carbocycles. The van der Waals surface area contributed by atoms with E-state index in [4.69, 9.17) is 17.0 Å². The van der Waals surface area contributed by atoms with E-state index in [0.717, 1.165) is 40.4 Å². The third-order valence-corrected chi connectivity index (χ3v) is 7.11. The highest BCUT2D eigenvalue weighted by Gasteiger charge is 2.27. The number of benzene rings is 1. The van der Waals surface area contributed by atoms with Crippen LogP contribution >= 0.6 is 46.1 Å². The van der Waals surface area contributed by atoms with Gasteiger partial charge in [-0.25, -0.2) is 4.79 Å². The van der Waals surface area contributed by atoms with Gasteiger partial charge in [0.2, 0.25) is 0 Å². The number of carbonyl (C=O) groups excluding carboxylic acids is 2. The van der Waals surface area contributed by atoms with Gasteiger partial charge in [-0.2, -0.15) is 0 Å². The minimum Gasteiger partial charge on any atom is -0.462 e. The Hall–Kier alpha value is -1.52. The summed E-state index contributed by atoms with van der Waals surface area (Å²) in [6.45, 7) is 4.10. The Bertz CT molecular complexity index is 940. The third-order valence-electron chi connectivity index (χ3n) is 4.54. The van der Waals surface area contributed by atoms with Gasteiger partial charge in [0.25, 0.3) is 5.91 Å². The number of hydrogen-bond acceptors (Lipinski definition) is 5. The minimum atomic E-state index is -0.341. The van der Waals surface area contributed by atoms with Gasteiger partial charge in [0.05, 0.1) is 12.2 Å². The second-order valence-corrected chi connectivity index (χ2v) is 9.18. The lowest BCUT2D eigenvalue weighted by atomic mass is 9.95. The molecule has 1 amide bonds. The van der Waals surface area contributed by atoms with Crippen LogP contribution in [0, 0.1) is 10.5 Å². The average molecular weight is 528 g/mol. The van der Waals surface area contributed by atoms with Crippen LogP contribution in [0.5, 0.6) is 0 Å². The number of esters is 1. The first-order chi connectivity index (χ1) is 13.4. The first kappa shape index (κ1) is 21.2. The molecule has 1 aliphatic rings. The molecule has 2 aromatic rings. The van der Waals surface area contributed by atoms with E-state index in [1.165, 1.54) is 16.2 Å². The van der Waals surface area contributed by atoms with Crippen molar-refractivity contribution in [2.24, 2.45) is 0 Å². The Balaban J connectivity index is 1.78. The van der Waals surface area contributed by atoms with Crippen LogP contribution in [0.4, 0.5) is 5.00 Å². The van der Waals surface area contributed by atoms with Crippen molar-refractivity contribution in [1.29, 1.82) is 0 Å². The number of thiophene rings is 1. The fourth-order valence-electron chi connectivity index (χ4n) is 3.12. The number of ether oxygens (including phenoxy) is 1. The molecule has 1 aromatic heterocycles. The normalized spacial score (nSPS) is 12.8. The molecule has 0 saturated carbocycles. The van der Waals surface area contributed by atoms with Gasteiger partial charge in [-0.3, -0.25) is 10.1 Å². The molecule has 0 unspecified atom stereocenters. The number of carbonyl (C=O) groups is 2. The summed E-state index contributed by atoms with van der Waals surface area (Å²) in [5.74, 6) is -0.624. The number of fused-ring (bicyclic) bond motifs is 1. The van der Waals surface area contributed by atoms with Crippen molar-refractivity contribution in [3.05, 3.63) is 48.9 Å². The third kappa shape index (κ3) is 4.72. The largest absolute Gasteiger partial charge is 0.462 e. The van der Waals surface area contributed by atoms with Crippen LogP contribution in [0.3, 0.4) is 0 Å². The number of anilines is 1. The number of nitrogens with one attached hydrogen (secondary N) is 2. The van der Waals surface area contributed by atoms with Gasteiger partial charge in [-0.05, 0) is 97.6 Å². The van der Waals surface area contributed by atoms with E-state index in [1.807, 2.05) is 19.1 Å². The molecule has 1 heterocycles. The van der Waals surface area contributed by atoms with Crippen LogP contribution in [0.1, 0.15) is 56.5 Å². The highest BCUT2D eigenvalue weighted by molar-refractivity contribution is 14.1. The first-order valence-corrected chi connectivity index (χ1v) is 11.4. The van der Waals surface area contributed by atoms with Gasteiger partial charge in [-0.1, -0.05) is 6.07 Å². The molecule has 5 nitrogen and oxygen atoms in total. The van der Waals surface area contributed by atoms with Crippen LogP contribution in [-0.4, -0.2) is 23.6 Å². The monoisotopic (exact) mass is 528 g/mol. The maximum absolute atomic E-state index is 12.5. The summed E-state index contributed by atoms with van der Waals surface area (Å²) in [6, 6.07) is 5.49. The van der Waals surface area contributed by atoms with Crippen molar-refractivity contribution >= 4 is 68.1 Å². The van der Waals surface area contributed by atoms with Crippen molar-refractivity contribution < 1.29 is 14.3 Å². The predicted molar refractivity (Wildman–Crippen MR) is 125 cm³/mol. The van der Waals surface area contributed by atoms with Crippen LogP contribution in [0.15, 0.2) is 18.2 Å². The molecule has 0 bridgehead atoms. The van der Waals surface area contributed by atoms with Gasteiger partial charge >= 0.3 is 5.97 Å². The lowest BCUT2D eigenvalue weighted by molar-refractivity contribution is 0.0526. The molecule has 0 spiro atoms. The second kappa shape index (κ2) is 9.32. The van der Waals surface area contributed by atoms with E-state index in [-0.39, 0.29) is 17.0 Å².